The molecule has 2 amide bonds. The molecule has 3 N–H and O–H groups in total. The van der Waals surface area contributed by atoms with Crippen LogP contribution in [0, 0.1) is 0 Å². The molecule has 4 aromatic carbocycles. The van der Waals surface area contributed by atoms with Crippen LogP contribution in [0.15, 0.2) is 97.1 Å². The third-order valence-electron chi connectivity index (χ3n) is 7.78. The minimum atomic E-state index is -0.855. The van der Waals surface area contributed by atoms with Crippen molar-refractivity contribution in [2.75, 3.05) is 30.9 Å². The second-order valence-electron chi connectivity index (χ2n) is 12.9. The number of ether oxygens (including phenoxy) is 6. The number of methoxy groups -OCH3 is 2. The number of alkyl halides is 1. The number of aromatic nitrogens is 4. The molecular weight excluding hydrogens is 816 g/mol. The fourth-order valence-corrected chi connectivity index (χ4v) is 5.21. The van der Waals surface area contributed by atoms with E-state index in [1.165, 1.54) is 18.8 Å². The van der Waals surface area contributed by atoms with Gasteiger partial charge in [0.1, 0.15) is 0 Å². The Morgan fingerprint density at radius 3 is 1.70 bits per heavy atom. The van der Waals surface area contributed by atoms with Gasteiger partial charge in [-0.15, -0.1) is 0 Å². The summed E-state index contributed by atoms with van der Waals surface area (Å²) in [5.74, 6) is 0.135. The molecule has 0 fully saturated rings. The topological polar surface area (TPSA) is 228 Å². The number of anilines is 2. The summed E-state index contributed by atoms with van der Waals surface area (Å²) < 4.78 is 29.4. The Balaban J connectivity index is 0.000000231. The van der Waals surface area contributed by atoms with Gasteiger partial charge >= 0.3 is 24.5 Å². The van der Waals surface area contributed by atoms with Crippen LogP contribution < -0.4 is 10.6 Å². The van der Waals surface area contributed by atoms with Gasteiger partial charge in [0, 0.05) is 22.3 Å². The van der Waals surface area contributed by atoms with Crippen molar-refractivity contribution in [2.24, 2.45) is 0 Å². The summed E-state index contributed by atoms with van der Waals surface area (Å²) in [5, 5.41) is 4.92. The average molecular weight is 859 g/mol. The lowest BCUT2D eigenvalue weighted by Crippen LogP contribution is -2.19. The number of ketones is 2. The van der Waals surface area contributed by atoms with Crippen LogP contribution in [0.2, 0.25) is 0 Å². The summed E-state index contributed by atoms with van der Waals surface area (Å²) >= 11 is 5.06. The Morgan fingerprint density at radius 2 is 1.16 bits per heavy atom. The zero-order valence-corrected chi connectivity index (χ0v) is 34.7. The van der Waals surface area contributed by atoms with E-state index in [1.54, 1.807) is 100 Å². The lowest BCUT2D eigenvalue weighted by atomic mass is 10.0. The van der Waals surface area contributed by atoms with E-state index >= 15 is 0 Å². The lowest BCUT2D eigenvalue weighted by Gasteiger charge is -2.12. The first-order valence-corrected chi connectivity index (χ1v) is 18.9. The van der Waals surface area contributed by atoms with Crippen LogP contribution >= 0.6 is 11.6 Å². The monoisotopic (exact) mass is 858 g/mol. The molecule has 0 unspecified atom stereocenters. The number of halogens is 1. The fourth-order valence-electron chi connectivity index (χ4n) is 5.12. The summed E-state index contributed by atoms with van der Waals surface area (Å²) in [4.78, 5) is 81.5. The molecule has 0 aliphatic carbocycles. The van der Waals surface area contributed by atoms with Gasteiger partial charge in [-0.3, -0.25) is 24.8 Å². The Bertz CT molecular complexity index is 2450. The lowest BCUT2D eigenvalue weighted by molar-refractivity contribution is 0.0173. The maximum Gasteiger partial charge on any atom is 0.510 e. The SMILES string of the molecule is CC(C)OC(=O)OCCl.COC(=O)Nc1nc2cc(C(=O)c3ccccc3)ccc2n1COC(=O)OC(C)C.COC(=O)Nc1nc2ccc(C(=O)c3ccccc3)cc2[nH]1. The van der Waals surface area contributed by atoms with Gasteiger partial charge in [-0.05, 0) is 64.1 Å². The van der Waals surface area contributed by atoms with Crippen molar-refractivity contribution in [3.63, 3.8) is 0 Å². The van der Waals surface area contributed by atoms with E-state index in [1.807, 2.05) is 24.3 Å². The number of fused-ring (bicyclic) bond motifs is 2. The number of hydrogen-bond acceptors (Lipinski definition) is 14. The first kappa shape index (κ1) is 46.2. The normalized spacial score (nSPS) is 10.4. The number of benzene rings is 4. The number of aromatic amines is 1. The second kappa shape index (κ2) is 22.6. The number of nitrogens with one attached hydrogen (secondary N) is 3. The molecule has 320 valence electrons. The van der Waals surface area contributed by atoms with E-state index in [4.69, 9.17) is 21.1 Å². The predicted molar refractivity (Wildman–Crippen MR) is 224 cm³/mol. The highest BCUT2D eigenvalue weighted by Gasteiger charge is 2.19. The molecule has 0 radical (unpaired) electrons. The van der Waals surface area contributed by atoms with Crippen molar-refractivity contribution >= 4 is 81.6 Å². The van der Waals surface area contributed by atoms with E-state index in [9.17, 15) is 28.8 Å². The van der Waals surface area contributed by atoms with Crippen LogP contribution in [-0.4, -0.2) is 88.1 Å². The van der Waals surface area contributed by atoms with E-state index in [2.05, 4.69) is 44.5 Å². The molecule has 0 aliphatic rings. The Morgan fingerprint density at radius 1 is 0.639 bits per heavy atom. The number of carbonyl (C=O) groups is 6. The number of nitrogens with zero attached hydrogens (tertiary/aromatic N) is 3. The molecule has 18 nitrogen and oxygen atoms in total. The van der Waals surface area contributed by atoms with Gasteiger partial charge < -0.3 is 33.4 Å². The molecule has 6 rings (SSSR count). The molecule has 0 saturated carbocycles. The van der Waals surface area contributed by atoms with E-state index in [0.29, 0.717) is 44.3 Å². The van der Waals surface area contributed by atoms with Crippen molar-refractivity contribution in [1.29, 1.82) is 0 Å². The quantitative estimate of drug-likeness (QED) is 0.0479. The summed E-state index contributed by atoms with van der Waals surface area (Å²) in [6.45, 7) is 6.60. The third kappa shape index (κ3) is 13.8. The van der Waals surface area contributed by atoms with E-state index in [0.717, 1.165) is 0 Å². The number of rotatable bonds is 11. The number of amides is 2. The molecule has 2 heterocycles. The van der Waals surface area contributed by atoms with Crippen LogP contribution in [0.25, 0.3) is 22.1 Å². The molecule has 2 aromatic heterocycles. The van der Waals surface area contributed by atoms with E-state index in [-0.39, 0.29) is 48.5 Å². The van der Waals surface area contributed by atoms with Crippen molar-refractivity contribution in [3.05, 3.63) is 119 Å². The first-order chi connectivity index (χ1) is 29.2. The Labute approximate surface area is 354 Å². The van der Waals surface area contributed by atoms with Gasteiger partial charge in [-0.2, -0.15) is 0 Å². The molecule has 6 aromatic rings. The van der Waals surface area contributed by atoms with Crippen molar-refractivity contribution in [1.82, 2.24) is 19.5 Å². The molecule has 0 atom stereocenters. The zero-order chi connectivity index (χ0) is 44.5. The number of carbonyl (C=O) groups excluding carboxylic acids is 6. The smallest absolute Gasteiger partial charge is 0.453 e. The van der Waals surface area contributed by atoms with Gasteiger partial charge in [-0.1, -0.05) is 72.3 Å². The molecule has 0 aliphatic heterocycles. The minimum Gasteiger partial charge on any atom is -0.453 e. The number of imidazole rings is 2. The fraction of sp³-hybridized carbons (Fsp3) is 0.238. The summed E-state index contributed by atoms with van der Waals surface area (Å²) in [6, 6.07) is 27.8. The molecule has 0 bridgehead atoms. The van der Waals surface area contributed by atoms with Crippen molar-refractivity contribution in [3.8, 4) is 0 Å². The van der Waals surface area contributed by atoms with Gasteiger partial charge in [0.25, 0.3) is 0 Å². The second-order valence-corrected chi connectivity index (χ2v) is 13.1. The van der Waals surface area contributed by atoms with Crippen molar-refractivity contribution in [2.45, 2.75) is 46.6 Å². The summed E-state index contributed by atoms with van der Waals surface area (Å²) in [7, 11) is 2.49. The van der Waals surface area contributed by atoms with Crippen LogP contribution in [-0.2, 0) is 35.2 Å². The maximum atomic E-state index is 12.7. The average Bonchev–Trinajstić information content (AvgIpc) is 3.81. The zero-order valence-electron chi connectivity index (χ0n) is 33.9. The van der Waals surface area contributed by atoms with Crippen LogP contribution in [0.4, 0.5) is 31.1 Å². The van der Waals surface area contributed by atoms with Gasteiger partial charge in [0.15, 0.2) is 24.4 Å². The predicted octanol–water partition coefficient (Wildman–Crippen LogP) is 8.68. The standard InChI is InChI=1S/C21H21N3O6.C16H13N3O3.C5H9ClO3/c1-13(2)30-21(27)29-12-24-17-10-9-15(18(25)14-7-5-4-6-8-14)11-16(17)22-19(24)23-20(26)28-3;1-22-16(21)19-15-17-12-8-7-11(9-13(12)18-15)14(20)10-5-3-2-4-6-10;1-4(2)9-5(7)8-3-6/h4-11,13H,12H2,1-3H3,(H,22,23,26);2-9H,1H3,(H2,17,18,19,21);4H,3H2,1-2H3. The molecule has 0 saturated heterocycles. The van der Waals surface area contributed by atoms with Gasteiger partial charge in [0.05, 0.1) is 48.5 Å². The van der Waals surface area contributed by atoms with Crippen LogP contribution in [0.5, 0.6) is 0 Å². The first-order valence-electron chi connectivity index (χ1n) is 18.3. The largest absolute Gasteiger partial charge is 0.510 e. The van der Waals surface area contributed by atoms with Gasteiger partial charge in [-0.25, -0.2) is 29.1 Å². The number of hydrogen-bond donors (Lipinski definition) is 3. The third-order valence-corrected chi connectivity index (χ3v) is 7.89. The molecule has 0 spiro atoms. The maximum absolute atomic E-state index is 12.7. The molecule has 19 heteroatoms. The van der Waals surface area contributed by atoms with Gasteiger partial charge in [0.2, 0.25) is 11.9 Å². The summed E-state index contributed by atoms with van der Waals surface area (Å²) in [5.41, 5.74) is 4.44. The van der Waals surface area contributed by atoms with Crippen LogP contribution in [0.3, 0.4) is 0 Å². The highest BCUT2D eigenvalue weighted by atomic mass is 35.5. The number of H-pyrrole nitrogens is 1. The molecule has 61 heavy (non-hydrogen) atoms. The van der Waals surface area contributed by atoms with Crippen molar-refractivity contribution < 1.29 is 57.2 Å². The van der Waals surface area contributed by atoms with Crippen LogP contribution in [0.1, 0.15) is 59.5 Å². The molecular formula is C42H43ClN6O12. The highest BCUT2D eigenvalue weighted by Crippen LogP contribution is 2.24. The van der Waals surface area contributed by atoms with E-state index < -0.39 is 24.5 Å². The summed E-state index contributed by atoms with van der Waals surface area (Å²) in [6.07, 6.45) is -3.42. The minimum absolute atomic E-state index is 0.0698. The Kier molecular flexibility index (Phi) is 17.1. The Hall–Kier alpha value is -7.47. The highest BCUT2D eigenvalue weighted by molar-refractivity contribution is 6.17.